The molecule has 1 N–H and O–H groups in total. The highest BCUT2D eigenvalue weighted by Crippen LogP contribution is 2.24. The van der Waals surface area contributed by atoms with Gasteiger partial charge in [-0.15, -0.1) is 0 Å². The van der Waals surface area contributed by atoms with E-state index in [1.165, 1.54) is 0 Å². The molecule has 0 spiro atoms. The summed E-state index contributed by atoms with van der Waals surface area (Å²) in [5.41, 5.74) is 0.0546. The Morgan fingerprint density at radius 2 is 1.07 bits per heavy atom. The van der Waals surface area contributed by atoms with E-state index in [9.17, 15) is 0 Å². The second-order valence-corrected chi connectivity index (χ2v) is 4.64. The summed E-state index contributed by atoms with van der Waals surface area (Å²) in [5, 5.41) is 7.57. The highest BCUT2D eigenvalue weighted by molar-refractivity contribution is 4.74. The highest BCUT2D eigenvalue weighted by Gasteiger charge is 2.25. The topological polar surface area (TPSA) is 29.5 Å². The average molecular weight is 204 g/mol. The third-order valence-corrected chi connectivity index (χ3v) is 2.26. The summed E-state index contributed by atoms with van der Waals surface area (Å²) in [4.78, 5) is 0. The molecule has 0 aromatic carbocycles. The highest BCUT2D eigenvalue weighted by atomic mass is 16.5. The maximum atomic E-state index is 7.57. The summed E-state index contributed by atoms with van der Waals surface area (Å²) in [6.45, 7) is 14.8. The minimum atomic E-state index is 0.0273. The van der Waals surface area contributed by atoms with Gasteiger partial charge in [0.2, 0.25) is 0 Å². The average Bonchev–Trinajstić information content (AvgIpc) is 2.04. The normalized spacial score (nSPS) is 12.0. The van der Waals surface area contributed by atoms with E-state index in [1.54, 1.807) is 6.92 Å². The van der Waals surface area contributed by atoms with Gasteiger partial charge in [0.1, 0.15) is 0 Å². The Hall–Kier alpha value is -0.0800. The van der Waals surface area contributed by atoms with Gasteiger partial charge < -0.3 is 9.84 Å². The molecule has 2 nitrogen and oxygen atoms in total. The SMILES string of the molecule is CCC(C)(C)OC(C)(C)CC.CCO. The molecule has 88 valence electrons. The molecule has 0 atom stereocenters. The quantitative estimate of drug-likeness (QED) is 0.760. The molecule has 0 aromatic heterocycles. The number of aliphatic hydroxyl groups is 1. The molecule has 0 radical (unpaired) electrons. The lowest BCUT2D eigenvalue weighted by atomic mass is 10.0. The minimum Gasteiger partial charge on any atom is -0.397 e. The Labute approximate surface area is 89.7 Å². The number of ether oxygens (including phenoxy) is 1. The maximum Gasteiger partial charge on any atom is 0.0631 e. The molecular weight excluding hydrogens is 176 g/mol. The van der Waals surface area contributed by atoms with Gasteiger partial charge in [0.15, 0.2) is 0 Å². The molecule has 0 heterocycles. The van der Waals surface area contributed by atoms with Crippen molar-refractivity contribution in [3.8, 4) is 0 Å². The fraction of sp³-hybridized carbons (Fsp3) is 1.00. The van der Waals surface area contributed by atoms with Crippen LogP contribution < -0.4 is 0 Å². The van der Waals surface area contributed by atoms with Crippen molar-refractivity contribution in [2.24, 2.45) is 0 Å². The van der Waals surface area contributed by atoms with Gasteiger partial charge in [-0.3, -0.25) is 0 Å². The fourth-order valence-electron chi connectivity index (χ4n) is 0.892. The largest absolute Gasteiger partial charge is 0.397 e. The van der Waals surface area contributed by atoms with Crippen LogP contribution in [0.5, 0.6) is 0 Å². The molecule has 0 amide bonds. The van der Waals surface area contributed by atoms with E-state index in [1.807, 2.05) is 0 Å². The second-order valence-electron chi connectivity index (χ2n) is 4.64. The fourth-order valence-corrected chi connectivity index (χ4v) is 0.892. The van der Waals surface area contributed by atoms with Crippen molar-refractivity contribution in [3.63, 3.8) is 0 Å². The second kappa shape index (κ2) is 7.24. The van der Waals surface area contributed by atoms with Crippen molar-refractivity contribution in [3.05, 3.63) is 0 Å². The van der Waals surface area contributed by atoms with Crippen molar-refractivity contribution < 1.29 is 9.84 Å². The predicted molar refractivity (Wildman–Crippen MR) is 62.6 cm³/mol. The first-order valence-electron chi connectivity index (χ1n) is 5.55. The van der Waals surface area contributed by atoms with E-state index in [0.29, 0.717) is 0 Å². The van der Waals surface area contributed by atoms with Crippen LogP contribution in [0.1, 0.15) is 61.3 Å². The van der Waals surface area contributed by atoms with E-state index in [-0.39, 0.29) is 17.8 Å². The van der Waals surface area contributed by atoms with Crippen LogP contribution in [0.3, 0.4) is 0 Å². The Balaban J connectivity index is 0. The van der Waals surface area contributed by atoms with Crippen LogP contribution in [0.4, 0.5) is 0 Å². The Morgan fingerprint density at radius 3 is 1.21 bits per heavy atom. The summed E-state index contributed by atoms with van der Waals surface area (Å²) in [6, 6.07) is 0. The third-order valence-electron chi connectivity index (χ3n) is 2.26. The first-order chi connectivity index (χ1) is 6.24. The van der Waals surface area contributed by atoms with Crippen molar-refractivity contribution in [1.29, 1.82) is 0 Å². The summed E-state index contributed by atoms with van der Waals surface area (Å²) in [6.07, 6.45) is 2.13. The molecule has 0 saturated carbocycles. The molecule has 0 aliphatic carbocycles. The summed E-state index contributed by atoms with van der Waals surface area (Å²) in [7, 11) is 0. The number of rotatable bonds is 4. The maximum absolute atomic E-state index is 7.57. The predicted octanol–water partition coefficient (Wildman–Crippen LogP) is 3.38. The van der Waals surface area contributed by atoms with E-state index in [4.69, 9.17) is 9.84 Å². The number of hydrogen-bond acceptors (Lipinski definition) is 2. The van der Waals surface area contributed by atoms with Crippen LogP contribution in [0.15, 0.2) is 0 Å². The lowest BCUT2D eigenvalue weighted by Gasteiger charge is -2.34. The Morgan fingerprint density at radius 1 is 0.857 bits per heavy atom. The van der Waals surface area contributed by atoms with Gasteiger partial charge >= 0.3 is 0 Å². The standard InChI is InChI=1S/C10H22O.C2H6O/c1-7-9(3,4)11-10(5,6)8-2;1-2-3/h7-8H2,1-6H3;3H,2H2,1H3. The molecule has 0 aliphatic heterocycles. The molecule has 0 unspecified atom stereocenters. The number of aliphatic hydroxyl groups excluding tert-OH is 1. The van der Waals surface area contributed by atoms with E-state index >= 15 is 0 Å². The molecule has 0 saturated heterocycles. The lowest BCUT2D eigenvalue weighted by Crippen LogP contribution is -2.35. The summed E-state index contributed by atoms with van der Waals surface area (Å²) in [5.74, 6) is 0. The zero-order chi connectivity index (χ0) is 11.8. The minimum absolute atomic E-state index is 0.0273. The molecule has 14 heavy (non-hydrogen) atoms. The molecular formula is C12H28O2. The zero-order valence-corrected chi connectivity index (χ0v) is 11.0. The Kier molecular flexibility index (Phi) is 8.46. The van der Waals surface area contributed by atoms with E-state index in [2.05, 4.69) is 41.5 Å². The monoisotopic (exact) mass is 204 g/mol. The number of hydrogen-bond donors (Lipinski definition) is 1. The van der Waals surface area contributed by atoms with Crippen molar-refractivity contribution in [1.82, 2.24) is 0 Å². The summed E-state index contributed by atoms with van der Waals surface area (Å²) >= 11 is 0. The third kappa shape index (κ3) is 10.0. The Bertz CT molecular complexity index is 114. The lowest BCUT2D eigenvalue weighted by molar-refractivity contribution is -0.124. The van der Waals surface area contributed by atoms with Crippen LogP contribution in [0.25, 0.3) is 0 Å². The molecule has 0 aliphatic rings. The van der Waals surface area contributed by atoms with Gasteiger partial charge in [-0.25, -0.2) is 0 Å². The van der Waals surface area contributed by atoms with Crippen molar-refractivity contribution in [2.45, 2.75) is 72.5 Å². The van der Waals surface area contributed by atoms with Crippen LogP contribution in [-0.4, -0.2) is 22.9 Å². The first kappa shape index (κ1) is 16.4. The molecule has 0 aromatic rings. The molecule has 0 fully saturated rings. The van der Waals surface area contributed by atoms with Crippen molar-refractivity contribution in [2.75, 3.05) is 6.61 Å². The molecule has 0 bridgehead atoms. The first-order valence-corrected chi connectivity index (χ1v) is 5.55. The van der Waals surface area contributed by atoms with Crippen LogP contribution in [-0.2, 0) is 4.74 Å². The van der Waals surface area contributed by atoms with E-state index < -0.39 is 0 Å². The van der Waals surface area contributed by atoms with Gasteiger partial charge in [-0.05, 0) is 47.5 Å². The van der Waals surface area contributed by atoms with Crippen LogP contribution in [0.2, 0.25) is 0 Å². The van der Waals surface area contributed by atoms with E-state index in [0.717, 1.165) is 12.8 Å². The van der Waals surface area contributed by atoms with Crippen LogP contribution in [0, 0.1) is 0 Å². The van der Waals surface area contributed by atoms with Gasteiger partial charge in [0.25, 0.3) is 0 Å². The van der Waals surface area contributed by atoms with Crippen molar-refractivity contribution >= 4 is 0 Å². The molecule has 0 rings (SSSR count). The van der Waals surface area contributed by atoms with Gasteiger partial charge in [-0.2, -0.15) is 0 Å². The smallest absolute Gasteiger partial charge is 0.0631 e. The zero-order valence-electron chi connectivity index (χ0n) is 11.0. The van der Waals surface area contributed by atoms with Gasteiger partial charge in [-0.1, -0.05) is 13.8 Å². The van der Waals surface area contributed by atoms with Gasteiger partial charge in [0, 0.05) is 6.61 Å². The summed E-state index contributed by atoms with van der Waals surface area (Å²) < 4.78 is 5.92. The molecule has 2 heteroatoms. The van der Waals surface area contributed by atoms with Crippen LogP contribution >= 0.6 is 0 Å². The van der Waals surface area contributed by atoms with Gasteiger partial charge in [0.05, 0.1) is 11.2 Å².